The molecule has 1 aromatic carbocycles. The summed E-state index contributed by atoms with van der Waals surface area (Å²) in [5.41, 5.74) is 2.85. The van der Waals surface area contributed by atoms with Crippen molar-refractivity contribution < 1.29 is 4.57 Å². The fourth-order valence-corrected chi connectivity index (χ4v) is 10.3. The lowest BCUT2D eigenvalue weighted by atomic mass is 9.47. The molecule has 1 heteroatoms. The second-order valence-corrected chi connectivity index (χ2v) is 14.7. The van der Waals surface area contributed by atoms with Crippen molar-refractivity contribution in [2.75, 3.05) is 0 Å². The maximum absolute atomic E-state index is 2.76. The van der Waals surface area contributed by atoms with Gasteiger partial charge in [0.25, 0.3) is 0 Å². The SMILES string of the molecule is CC(C)CCCC(C)C1CCC2C3CC=C4CC([n+]5ccc6ccccc6c5)CCC4(C)C3CCC12C. The highest BCUT2D eigenvalue weighted by Gasteiger charge is 2.59. The highest BCUT2D eigenvalue weighted by atomic mass is 15.0. The van der Waals surface area contributed by atoms with Crippen LogP contribution in [-0.2, 0) is 0 Å². The number of allylic oxidation sites excluding steroid dienone is 2. The molecular formula is C36H52N+. The lowest BCUT2D eigenvalue weighted by molar-refractivity contribution is -0.723. The molecule has 0 saturated heterocycles. The molecule has 3 fully saturated rings. The van der Waals surface area contributed by atoms with Crippen molar-refractivity contribution in [3.63, 3.8) is 0 Å². The average Bonchev–Trinajstić information content (AvgIpc) is 3.25. The van der Waals surface area contributed by atoms with Gasteiger partial charge in [-0.05, 0) is 96.3 Å². The van der Waals surface area contributed by atoms with Gasteiger partial charge in [-0.1, -0.05) is 83.7 Å². The Kier molecular flexibility index (Phi) is 6.82. The Bertz CT molecular complexity index is 1140. The van der Waals surface area contributed by atoms with Crippen molar-refractivity contribution >= 4 is 10.8 Å². The molecule has 8 unspecified atom stereocenters. The second kappa shape index (κ2) is 9.84. The topological polar surface area (TPSA) is 3.88 Å². The molecule has 0 aliphatic heterocycles. The average molecular weight is 499 g/mol. The summed E-state index contributed by atoms with van der Waals surface area (Å²) < 4.78 is 2.54. The Labute approximate surface area is 227 Å². The van der Waals surface area contributed by atoms with E-state index in [2.05, 4.69) is 88.0 Å². The van der Waals surface area contributed by atoms with E-state index in [4.69, 9.17) is 0 Å². The zero-order chi connectivity index (χ0) is 25.8. The molecule has 0 bridgehead atoms. The molecule has 1 nitrogen and oxygen atoms in total. The first-order valence-electron chi connectivity index (χ1n) is 15.9. The van der Waals surface area contributed by atoms with Gasteiger partial charge in [-0.15, -0.1) is 0 Å². The van der Waals surface area contributed by atoms with E-state index in [0.29, 0.717) is 16.9 Å². The van der Waals surface area contributed by atoms with E-state index in [0.717, 1.165) is 35.5 Å². The Hall–Kier alpha value is -1.63. The van der Waals surface area contributed by atoms with E-state index in [1.165, 1.54) is 81.4 Å². The summed E-state index contributed by atoms with van der Waals surface area (Å²) in [6.45, 7) is 12.8. The third kappa shape index (κ3) is 4.41. The maximum Gasteiger partial charge on any atom is 0.176 e. The molecule has 8 atom stereocenters. The zero-order valence-electron chi connectivity index (χ0n) is 24.4. The van der Waals surface area contributed by atoms with Crippen LogP contribution in [0, 0.1) is 46.3 Å². The van der Waals surface area contributed by atoms with Crippen LogP contribution < -0.4 is 4.57 Å². The van der Waals surface area contributed by atoms with Gasteiger partial charge in [0, 0.05) is 24.3 Å². The third-order valence-electron chi connectivity index (χ3n) is 12.4. The Morgan fingerprint density at radius 1 is 0.892 bits per heavy atom. The summed E-state index contributed by atoms with van der Waals surface area (Å²) in [7, 11) is 0. The quantitative estimate of drug-likeness (QED) is 0.276. The maximum atomic E-state index is 2.76. The molecule has 2 aromatic rings. The van der Waals surface area contributed by atoms with Crippen LogP contribution in [0.25, 0.3) is 10.8 Å². The van der Waals surface area contributed by atoms with E-state index >= 15 is 0 Å². The minimum Gasteiger partial charge on any atom is -0.202 e. The molecule has 0 spiro atoms. The normalized spacial score (nSPS) is 38.1. The molecule has 1 aromatic heterocycles. The molecule has 37 heavy (non-hydrogen) atoms. The second-order valence-electron chi connectivity index (χ2n) is 14.7. The van der Waals surface area contributed by atoms with E-state index in [-0.39, 0.29) is 0 Å². The number of hydrogen-bond acceptors (Lipinski definition) is 0. The third-order valence-corrected chi connectivity index (χ3v) is 12.4. The number of fused-ring (bicyclic) bond motifs is 6. The first kappa shape index (κ1) is 25.6. The van der Waals surface area contributed by atoms with Crippen LogP contribution in [0.15, 0.2) is 54.4 Å². The van der Waals surface area contributed by atoms with Crippen LogP contribution in [-0.4, -0.2) is 0 Å². The molecule has 200 valence electrons. The van der Waals surface area contributed by atoms with Crippen molar-refractivity contribution in [2.24, 2.45) is 46.3 Å². The van der Waals surface area contributed by atoms with Gasteiger partial charge in [-0.25, -0.2) is 4.57 Å². The Balaban J connectivity index is 1.18. The first-order valence-corrected chi connectivity index (χ1v) is 15.9. The number of nitrogens with zero attached hydrogens (tertiary/aromatic N) is 1. The molecule has 6 rings (SSSR count). The van der Waals surface area contributed by atoms with Crippen molar-refractivity contribution in [2.45, 2.75) is 111 Å². The van der Waals surface area contributed by atoms with Gasteiger partial charge in [0.2, 0.25) is 0 Å². The highest BCUT2D eigenvalue weighted by Crippen LogP contribution is 2.67. The van der Waals surface area contributed by atoms with Gasteiger partial charge in [0.15, 0.2) is 18.4 Å². The first-order chi connectivity index (χ1) is 17.8. The van der Waals surface area contributed by atoms with Crippen molar-refractivity contribution in [3.05, 3.63) is 54.4 Å². The number of hydrogen-bond donors (Lipinski definition) is 0. The van der Waals surface area contributed by atoms with Crippen LogP contribution in [0.1, 0.15) is 111 Å². The molecule has 4 aliphatic rings. The summed E-state index contributed by atoms with van der Waals surface area (Å²) in [5, 5.41) is 2.73. The Morgan fingerprint density at radius 3 is 2.51 bits per heavy atom. The summed E-state index contributed by atoms with van der Waals surface area (Å²) in [4.78, 5) is 0. The molecule has 4 aliphatic carbocycles. The standard InChI is InChI=1S/C36H52N/c1-25(2)9-8-10-26(3)32-15-16-33-31-14-13-29-23-30(37-22-19-27-11-6-7-12-28(27)24-37)17-20-35(29,4)34(31)18-21-36(32,33)5/h6-7,11-13,19,22,24-26,30-34H,8-10,14-18,20-21,23H2,1-5H3/q+1. The molecular weight excluding hydrogens is 446 g/mol. The van der Waals surface area contributed by atoms with Crippen LogP contribution in [0.4, 0.5) is 0 Å². The minimum atomic E-state index is 0.444. The predicted octanol–water partition coefficient (Wildman–Crippen LogP) is 9.71. The number of benzene rings is 1. The molecule has 0 N–H and O–H groups in total. The smallest absolute Gasteiger partial charge is 0.176 e. The van der Waals surface area contributed by atoms with Gasteiger partial charge in [-0.2, -0.15) is 0 Å². The van der Waals surface area contributed by atoms with Gasteiger partial charge < -0.3 is 0 Å². The summed E-state index contributed by atoms with van der Waals surface area (Å²) in [5.74, 6) is 5.54. The highest BCUT2D eigenvalue weighted by molar-refractivity contribution is 5.80. The monoisotopic (exact) mass is 498 g/mol. The summed E-state index contributed by atoms with van der Waals surface area (Å²) in [6.07, 6.45) is 23.1. The van der Waals surface area contributed by atoms with E-state index in [1.807, 2.05) is 5.57 Å². The van der Waals surface area contributed by atoms with Gasteiger partial charge in [0.05, 0.1) is 0 Å². The zero-order valence-corrected chi connectivity index (χ0v) is 24.4. The van der Waals surface area contributed by atoms with Crippen molar-refractivity contribution in [1.82, 2.24) is 0 Å². The Morgan fingerprint density at radius 2 is 1.70 bits per heavy atom. The van der Waals surface area contributed by atoms with Gasteiger partial charge in [0.1, 0.15) is 0 Å². The lowest BCUT2D eigenvalue weighted by Crippen LogP contribution is -2.52. The minimum absolute atomic E-state index is 0.444. The van der Waals surface area contributed by atoms with E-state index in [1.54, 1.807) is 0 Å². The number of rotatable bonds is 6. The van der Waals surface area contributed by atoms with E-state index < -0.39 is 0 Å². The van der Waals surface area contributed by atoms with Crippen LogP contribution in [0.2, 0.25) is 0 Å². The molecule has 1 heterocycles. The van der Waals surface area contributed by atoms with Gasteiger partial charge >= 0.3 is 0 Å². The van der Waals surface area contributed by atoms with Crippen LogP contribution >= 0.6 is 0 Å². The predicted molar refractivity (Wildman–Crippen MR) is 156 cm³/mol. The molecule has 0 radical (unpaired) electrons. The molecule has 3 saturated carbocycles. The summed E-state index contributed by atoms with van der Waals surface area (Å²) in [6, 6.07) is 11.8. The lowest BCUT2D eigenvalue weighted by Gasteiger charge is -2.58. The largest absolute Gasteiger partial charge is 0.202 e. The van der Waals surface area contributed by atoms with Crippen LogP contribution in [0.3, 0.4) is 0 Å². The number of pyridine rings is 1. The van der Waals surface area contributed by atoms with Crippen molar-refractivity contribution in [3.8, 4) is 0 Å². The fourth-order valence-electron chi connectivity index (χ4n) is 10.3. The van der Waals surface area contributed by atoms with Gasteiger partial charge in [-0.3, -0.25) is 0 Å². The van der Waals surface area contributed by atoms with E-state index in [9.17, 15) is 0 Å². The fraction of sp³-hybridized carbons (Fsp3) is 0.694. The summed E-state index contributed by atoms with van der Waals surface area (Å²) >= 11 is 0. The number of aromatic nitrogens is 1. The van der Waals surface area contributed by atoms with Crippen LogP contribution in [0.5, 0.6) is 0 Å². The van der Waals surface area contributed by atoms with Crippen molar-refractivity contribution in [1.29, 1.82) is 0 Å². The molecule has 0 amide bonds.